The van der Waals surface area contributed by atoms with Crippen LogP contribution in [0.1, 0.15) is 48.0 Å². The van der Waals surface area contributed by atoms with Gasteiger partial charge in [-0.15, -0.1) is 0 Å². The van der Waals surface area contributed by atoms with E-state index in [4.69, 9.17) is 9.47 Å². The van der Waals surface area contributed by atoms with Gasteiger partial charge in [-0.25, -0.2) is 0 Å². The molecule has 0 amide bonds. The molecule has 0 heterocycles. The second-order valence-corrected chi connectivity index (χ2v) is 5.57. The fourth-order valence-corrected chi connectivity index (χ4v) is 0.857. The summed E-state index contributed by atoms with van der Waals surface area (Å²) in [6, 6.07) is 0. The van der Waals surface area contributed by atoms with Gasteiger partial charge in [-0.2, -0.15) is 0 Å². The summed E-state index contributed by atoms with van der Waals surface area (Å²) < 4.78 is 11.2. The quantitative estimate of drug-likeness (QED) is 0.615. The van der Waals surface area contributed by atoms with E-state index in [2.05, 4.69) is 41.5 Å². The molecule has 14 heavy (non-hydrogen) atoms. The van der Waals surface area contributed by atoms with E-state index in [9.17, 15) is 0 Å². The molecule has 0 unspecified atom stereocenters. The fraction of sp³-hybridized carbons (Fsp3) is 1.00. The third kappa shape index (κ3) is 8.52. The van der Waals surface area contributed by atoms with Crippen molar-refractivity contribution in [2.24, 2.45) is 5.41 Å². The van der Waals surface area contributed by atoms with Crippen LogP contribution in [0.4, 0.5) is 0 Å². The van der Waals surface area contributed by atoms with Gasteiger partial charge in [0.1, 0.15) is 0 Å². The summed E-state index contributed by atoms with van der Waals surface area (Å²) in [5.41, 5.74) is 0.241. The van der Waals surface area contributed by atoms with Crippen LogP contribution < -0.4 is 0 Å². The highest BCUT2D eigenvalue weighted by atomic mass is 16.5. The van der Waals surface area contributed by atoms with Crippen LogP contribution in [0.3, 0.4) is 0 Å². The third-order valence-electron chi connectivity index (χ3n) is 2.11. The molecule has 0 aliphatic heterocycles. The fourth-order valence-electron chi connectivity index (χ4n) is 0.857. The van der Waals surface area contributed by atoms with Crippen molar-refractivity contribution in [2.45, 2.75) is 53.6 Å². The van der Waals surface area contributed by atoms with Crippen molar-refractivity contribution in [1.29, 1.82) is 0 Å². The number of hydrogen-bond donors (Lipinski definition) is 0. The van der Waals surface area contributed by atoms with Crippen LogP contribution >= 0.6 is 0 Å². The molecule has 0 aliphatic rings. The summed E-state index contributed by atoms with van der Waals surface area (Å²) in [6.45, 7) is 15.0. The van der Waals surface area contributed by atoms with Crippen LogP contribution in [-0.2, 0) is 9.47 Å². The average Bonchev–Trinajstić information content (AvgIpc) is 2.01. The number of rotatable bonds is 6. The Hall–Kier alpha value is -0.0800. The zero-order valence-corrected chi connectivity index (χ0v) is 10.6. The molecular weight excluding hydrogens is 176 g/mol. The van der Waals surface area contributed by atoms with E-state index in [0.29, 0.717) is 13.2 Å². The Bertz CT molecular complexity index is 145. The zero-order chi connectivity index (χ0) is 11.2. The molecule has 0 aromatic rings. The van der Waals surface area contributed by atoms with E-state index in [-0.39, 0.29) is 11.0 Å². The second-order valence-electron chi connectivity index (χ2n) is 5.57. The Morgan fingerprint density at radius 3 is 1.93 bits per heavy atom. The standard InChI is InChI=1S/C12H26O2/c1-7-12(5,6)14-9-8-13-10-11(2,3)4/h7-10H2,1-6H3. The first-order chi connectivity index (χ1) is 6.27. The maximum Gasteiger partial charge on any atom is 0.0707 e. The Kier molecular flexibility index (Phi) is 5.68. The predicted molar refractivity (Wildman–Crippen MR) is 60.6 cm³/mol. The summed E-state index contributed by atoms with van der Waals surface area (Å²) in [7, 11) is 0. The Balaban J connectivity index is 3.39. The minimum atomic E-state index is -0.00884. The highest BCUT2D eigenvalue weighted by Crippen LogP contribution is 2.14. The largest absolute Gasteiger partial charge is 0.379 e. The molecule has 0 atom stereocenters. The van der Waals surface area contributed by atoms with Crippen LogP contribution in [0, 0.1) is 5.41 Å². The molecule has 0 fully saturated rings. The first kappa shape index (κ1) is 13.9. The van der Waals surface area contributed by atoms with Gasteiger partial charge >= 0.3 is 0 Å². The van der Waals surface area contributed by atoms with Crippen molar-refractivity contribution >= 4 is 0 Å². The minimum absolute atomic E-state index is 0.00884. The number of ether oxygens (including phenoxy) is 2. The Morgan fingerprint density at radius 1 is 0.929 bits per heavy atom. The monoisotopic (exact) mass is 202 g/mol. The Labute approximate surface area is 89.0 Å². The topological polar surface area (TPSA) is 18.5 Å². The minimum Gasteiger partial charge on any atom is -0.379 e. The molecule has 0 radical (unpaired) electrons. The molecule has 0 bridgehead atoms. The van der Waals surface area contributed by atoms with E-state index >= 15 is 0 Å². The third-order valence-corrected chi connectivity index (χ3v) is 2.11. The number of hydrogen-bond acceptors (Lipinski definition) is 2. The van der Waals surface area contributed by atoms with E-state index in [1.165, 1.54) is 0 Å². The Morgan fingerprint density at radius 2 is 1.50 bits per heavy atom. The molecule has 0 saturated carbocycles. The van der Waals surface area contributed by atoms with Crippen molar-refractivity contribution < 1.29 is 9.47 Å². The normalized spacial score (nSPS) is 13.3. The molecule has 0 spiro atoms. The first-order valence-corrected chi connectivity index (χ1v) is 5.48. The molecule has 0 N–H and O–H groups in total. The summed E-state index contributed by atoms with van der Waals surface area (Å²) in [5, 5.41) is 0. The molecule has 0 saturated heterocycles. The van der Waals surface area contributed by atoms with Gasteiger partial charge in [0.15, 0.2) is 0 Å². The van der Waals surface area contributed by atoms with E-state index < -0.39 is 0 Å². The van der Waals surface area contributed by atoms with Crippen molar-refractivity contribution in [3.63, 3.8) is 0 Å². The maximum atomic E-state index is 5.67. The van der Waals surface area contributed by atoms with Crippen LogP contribution in [0.15, 0.2) is 0 Å². The van der Waals surface area contributed by atoms with Gasteiger partial charge in [-0.05, 0) is 25.7 Å². The lowest BCUT2D eigenvalue weighted by Crippen LogP contribution is -2.26. The van der Waals surface area contributed by atoms with Crippen LogP contribution in [0.5, 0.6) is 0 Å². The zero-order valence-electron chi connectivity index (χ0n) is 10.6. The highest BCUT2D eigenvalue weighted by Gasteiger charge is 2.15. The van der Waals surface area contributed by atoms with Gasteiger partial charge in [0, 0.05) is 0 Å². The lowest BCUT2D eigenvalue weighted by atomic mass is 9.99. The molecule has 2 heteroatoms. The van der Waals surface area contributed by atoms with Gasteiger partial charge in [0.05, 0.1) is 25.4 Å². The van der Waals surface area contributed by atoms with Crippen molar-refractivity contribution in [3.8, 4) is 0 Å². The molecule has 0 aromatic carbocycles. The molecular formula is C12H26O2. The van der Waals surface area contributed by atoms with E-state index in [1.54, 1.807) is 0 Å². The lowest BCUT2D eigenvalue weighted by Gasteiger charge is -2.24. The molecule has 86 valence electrons. The van der Waals surface area contributed by atoms with E-state index in [1.807, 2.05) is 0 Å². The van der Waals surface area contributed by atoms with Crippen molar-refractivity contribution in [3.05, 3.63) is 0 Å². The summed E-state index contributed by atoms with van der Waals surface area (Å²) >= 11 is 0. The van der Waals surface area contributed by atoms with Crippen molar-refractivity contribution in [2.75, 3.05) is 19.8 Å². The molecule has 2 nitrogen and oxygen atoms in total. The lowest BCUT2D eigenvalue weighted by molar-refractivity contribution is -0.0550. The molecule has 0 aliphatic carbocycles. The van der Waals surface area contributed by atoms with Gasteiger partial charge in [-0.3, -0.25) is 0 Å². The second kappa shape index (κ2) is 5.72. The van der Waals surface area contributed by atoms with Gasteiger partial charge in [0.2, 0.25) is 0 Å². The van der Waals surface area contributed by atoms with E-state index in [0.717, 1.165) is 13.0 Å². The van der Waals surface area contributed by atoms with Crippen LogP contribution in [-0.4, -0.2) is 25.4 Å². The smallest absolute Gasteiger partial charge is 0.0707 e. The van der Waals surface area contributed by atoms with Gasteiger partial charge in [-0.1, -0.05) is 27.7 Å². The molecule has 0 rings (SSSR count). The maximum absolute atomic E-state index is 5.67. The average molecular weight is 202 g/mol. The SMILES string of the molecule is CCC(C)(C)OCCOCC(C)(C)C. The first-order valence-electron chi connectivity index (χ1n) is 5.48. The summed E-state index contributed by atoms with van der Waals surface area (Å²) in [6.07, 6.45) is 1.03. The van der Waals surface area contributed by atoms with Crippen LogP contribution in [0.2, 0.25) is 0 Å². The molecule has 0 aromatic heterocycles. The summed E-state index contributed by atoms with van der Waals surface area (Å²) in [4.78, 5) is 0. The summed E-state index contributed by atoms with van der Waals surface area (Å²) in [5.74, 6) is 0. The van der Waals surface area contributed by atoms with Gasteiger partial charge in [0.25, 0.3) is 0 Å². The highest BCUT2D eigenvalue weighted by molar-refractivity contribution is 4.64. The van der Waals surface area contributed by atoms with Crippen LogP contribution in [0.25, 0.3) is 0 Å². The van der Waals surface area contributed by atoms with Gasteiger partial charge < -0.3 is 9.47 Å². The predicted octanol–water partition coefficient (Wildman–Crippen LogP) is 3.25. The van der Waals surface area contributed by atoms with Crippen molar-refractivity contribution in [1.82, 2.24) is 0 Å².